The number of nitrogens with one attached hydrogen (secondary N) is 2. The number of anilines is 1. The maximum Gasteiger partial charge on any atom is 0.325 e. The van der Waals surface area contributed by atoms with Gasteiger partial charge in [-0.15, -0.1) is 0 Å². The molecule has 0 unspecified atom stereocenters. The summed E-state index contributed by atoms with van der Waals surface area (Å²) in [6.07, 6.45) is 0. The van der Waals surface area contributed by atoms with Crippen molar-refractivity contribution in [1.29, 1.82) is 5.41 Å². The molecule has 0 spiro atoms. The van der Waals surface area contributed by atoms with Gasteiger partial charge in [0.05, 0.1) is 12.8 Å². The van der Waals surface area contributed by atoms with Gasteiger partial charge in [-0.3, -0.25) is 10.2 Å². The van der Waals surface area contributed by atoms with Gasteiger partial charge >= 0.3 is 5.97 Å². The van der Waals surface area contributed by atoms with Crippen LogP contribution in [-0.2, 0) is 9.53 Å². The topological polar surface area (TPSA) is 62.2 Å². The van der Waals surface area contributed by atoms with Crippen LogP contribution in [0, 0.1) is 17.0 Å². The Morgan fingerprint density at radius 3 is 2.55 bits per heavy atom. The summed E-state index contributed by atoms with van der Waals surface area (Å²) in [5, 5.41) is 10.9. The van der Waals surface area contributed by atoms with E-state index in [1.165, 1.54) is 19.2 Å². The van der Waals surface area contributed by atoms with Crippen molar-refractivity contribution < 1.29 is 18.3 Å². The van der Waals surface area contributed by atoms with Crippen molar-refractivity contribution in [3.05, 3.63) is 65.2 Å². The van der Waals surface area contributed by atoms with E-state index in [4.69, 9.17) is 5.41 Å². The van der Waals surface area contributed by atoms with Gasteiger partial charge in [-0.05, 0) is 18.2 Å². The van der Waals surface area contributed by atoms with Crippen molar-refractivity contribution in [2.24, 2.45) is 0 Å². The Labute approximate surface area is 126 Å². The molecule has 22 heavy (non-hydrogen) atoms. The third kappa shape index (κ3) is 3.28. The fourth-order valence-electron chi connectivity index (χ4n) is 1.94. The Morgan fingerprint density at radius 2 is 1.82 bits per heavy atom. The highest BCUT2D eigenvalue weighted by atomic mass is 19.2. The number of para-hydroxylation sites is 1. The molecule has 0 aliphatic heterocycles. The Bertz CT molecular complexity index is 717. The van der Waals surface area contributed by atoms with Gasteiger partial charge in [0.2, 0.25) is 0 Å². The maximum absolute atomic E-state index is 13.8. The highest BCUT2D eigenvalue weighted by Gasteiger charge is 2.16. The predicted octanol–water partition coefficient (Wildman–Crippen LogP) is 2.97. The Hall–Kier alpha value is -2.76. The third-order valence-electron chi connectivity index (χ3n) is 3.07. The minimum Gasteiger partial charge on any atom is -0.468 e. The molecule has 6 heteroatoms. The first-order valence-electron chi connectivity index (χ1n) is 6.47. The Balaban J connectivity index is 2.34. The van der Waals surface area contributed by atoms with Gasteiger partial charge in [0.25, 0.3) is 0 Å². The highest BCUT2D eigenvalue weighted by Crippen LogP contribution is 2.21. The monoisotopic (exact) mass is 304 g/mol. The number of hydrogen-bond donors (Lipinski definition) is 2. The van der Waals surface area contributed by atoms with Crippen molar-refractivity contribution in [3.8, 4) is 0 Å². The van der Waals surface area contributed by atoms with E-state index in [0.29, 0.717) is 11.3 Å². The van der Waals surface area contributed by atoms with Crippen LogP contribution in [0.1, 0.15) is 11.1 Å². The summed E-state index contributed by atoms with van der Waals surface area (Å²) in [7, 11) is 1.26. The molecule has 0 aliphatic rings. The molecule has 0 heterocycles. The maximum atomic E-state index is 13.8. The minimum atomic E-state index is -1.07. The van der Waals surface area contributed by atoms with Crippen LogP contribution in [0.4, 0.5) is 14.5 Å². The molecule has 0 atom stereocenters. The van der Waals surface area contributed by atoms with Gasteiger partial charge in [-0.25, -0.2) is 8.78 Å². The normalized spacial score (nSPS) is 10.1. The summed E-state index contributed by atoms with van der Waals surface area (Å²) >= 11 is 0. The molecule has 0 saturated carbocycles. The van der Waals surface area contributed by atoms with Crippen LogP contribution in [0.5, 0.6) is 0 Å². The molecule has 0 bridgehead atoms. The van der Waals surface area contributed by atoms with Gasteiger partial charge < -0.3 is 10.1 Å². The summed E-state index contributed by atoms with van der Waals surface area (Å²) in [4.78, 5) is 11.2. The zero-order valence-corrected chi connectivity index (χ0v) is 11.8. The van der Waals surface area contributed by atoms with Crippen LogP contribution in [0.15, 0.2) is 42.5 Å². The number of halogens is 2. The number of carbonyl (C=O) groups is 1. The largest absolute Gasteiger partial charge is 0.468 e. The molecule has 0 saturated heterocycles. The number of hydrogen-bond acceptors (Lipinski definition) is 4. The summed E-state index contributed by atoms with van der Waals surface area (Å²) in [5.74, 6) is -2.56. The van der Waals surface area contributed by atoms with Crippen LogP contribution in [-0.4, -0.2) is 25.3 Å². The van der Waals surface area contributed by atoms with Gasteiger partial charge in [0.1, 0.15) is 6.54 Å². The molecule has 0 aromatic heterocycles. The van der Waals surface area contributed by atoms with E-state index >= 15 is 0 Å². The lowest BCUT2D eigenvalue weighted by Crippen LogP contribution is -2.17. The summed E-state index contributed by atoms with van der Waals surface area (Å²) in [5.41, 5.74) is 0.495. The van der Waals surface area contributed by atoms with Gasteiger partial charge in [-0.2, -0.15) is 0 Å². The quantitative estimate of drug-likeness (QED) is 0.659. The van der Waals surface area contributed by atoms with E-state index in [-0.39, 0.29) is 17.8 Å². The zero-order chi connectivity index (χ0) is 16.1. The second kappa shape index (κ2) is 6.80. The number of ether oxygens (including phenoxy) is 1. The van der Waals surface area contributed by atoms with Crippen LogP contribution < -0.4 is 5.32 Å². The molecule has 114 valence electrons. The first-order valence-corrected chi connectivity index (χ1v) is 6.47. The highest BCUT2D eigenvalue weighted by molar-refractivity contribution is 6.14. The SMILES string of the molecule is COC(=O)CNc1ccccc1C(=N)c1cccc(F)c1F. The van der Waals surface area contributed by atoms with E-state index in [1.807, 2.05) is 0 Å². The summed E-state index contributed by atoms with van der Waals surface area (Å²) in [6, 6.07) is 10.3. The second-order valence-electron chi connectivity index (χ2n) is 4.45. The lowest BCUT2D eigenvalue weighted by Gasteiger charge is -2.13. The van der Waals surface area contributed by atoms with Crippen LogP contribution in [0.3, 0.4) is 0 Å². The molecule has 0 aliphatic carbocycles. The number of esters is 1. The zero-order valence-electron chi connectivity index (χ0n) is 11.8. The van der Waals surface area contributed by atoms with E-state index in [0.717, 1.165) is 6.07 Å². The summed E-state index contributed by atoms with van der Waals surface area (Å²) in [6.45, 7) is -0.0908. The number of benzene rings is 2. The molecule has 0 fully saturated rings. The van der Waals surface area contributed by atoms with E-state index in [1.54, 1.807) is 24.3 Å². The van der Waals surface area contributed by atoms with Crippen molar-refractivity contribution >= 4 is 17.4 Å². The number of rotatable bonds is 5. The summed E-state index contributed by atoms with van der Waals surface area (Å²) < 4.78 is 31.7. The molecule has 2 aromatic rings. The van der Waals surface area contributed by atoms with Crippen molar-refractivity contribution in [1.82, 2.24) is 0 Å². The van der Waals surface area contributed by atoms with Crippen LogP contribution in [0.2, 0.25) is 0 Å². The molecule has 2 N–H and O–H groups in total. The molecule has 4 nitrogen and oxygen atoms in total. The van der Waals surface area contributed by atoms with Gasteiger partial charge in [0, 0.05) is 16.8 Å². The van der Waals surface area contributed by atoms with Gasteiger partial charge in [0.15, 0.2) is 11.6 Å². The average molecular weight is 304 g/mol. The van der Waals surface area contributed by atoms with Crippen molar-refractivity contribution in [2.45, 2.75) is 0 Å². The van der Waals surface area contributed by atoms with Crippen LogP contribution in [0.25, 0.3) is 0 Å². The molecule has 0 radical (unpaired) electrons. The number of methoxy groups -OCH3 is 1. The Kier molecular flexibility index (Phi) is 4.83. The van der Waals surface area contributed by atoms with E-state index < -0.39 is 17.6 Å². The molecule has 0 amide bonds. The number of carbonyl (C=O) groups excluding carboxylic acids is 1. The lowest BCUT2D eigenvalue weighted by molar-refractivity contribution is -0.138. The molecular formula is C16H14F2N2O2. The fraction of sp³-hybridized carbons (Fsp3) is 0.125. The van der Waals surface area contributed by atoms with E-state index in [9.17, 15) is 13.6 Å². The van der Waals surface area contributed by atoms with E-state index in [2.05, 4.69) is 10.1 Å². The first kappa shape index (κ1) is 15.6. The minimum absolute atomic E-state index is 0.0908. The lowest BCUT2D eigenvalue weighted by atomic mass is 10.00. The smallest absolute Gasteiger partial charge is 0.325 e. The molecule has 2 aromatic carbocycles. The molecule has 2 rings (SSSR count). The third-order valence-corrected chi connectivity index (χ3v) is 3.07. The van der Waals surface area contributed by atoms with Crippen molar-refractivity contribution in [2.75, 3.05) is 19.0 Å². The first-order chi connectivity index (χ1) is 10.5. The van der Waals surface area contributed by atoms with Crippen LogP contribution >= 0.6 is 0 Å². The predicted molar refractivity (Wildman–Crippen MR) is 79.2 cm³/mol. The second-order valence-corrected chi connectivity index (χ2v) is 4.45. The molecular weight excluding hydrogens is 290 g/mol. The average Bonchev–Trinajstić information content (AvgIpc) is 2.54. The Morgan fingerprint density at radius 1 is 1.14 bits per heavy atom. The standard InChI is InChI=1S/C16H14F2N2O2/c1-22-14(21)9-20-13-8-3-2-5-10(13)16(19)11-6-4-7-12(17)15(11)18/h2-8,19-20H,9H2,1H3. The van der Waals surface area contributed by atoms with Gasteiger partial charge in [-0.1, -0.05) is 24.3 Å². The fourth-order valence-corrected chi connectivity index (χ4v) is 1.94. The van der Waals surface area contributed by atoms with Crippen molar-refractivity contribution in [3.63, 3.8) is 0 Å².